The molecule has 5 N–H and O–H groups in total. The van der Waals surface area contributed by atoms with E-state index in [0.717, 1.165) is 11.3 Å². The Morgan fingerprint density at radius 3 is 2.29 bits per heavy atom. The molecule has 144 valence electrons. The van der Waals surface area contributed by atoms with Crippen LogP contribution in [0.25, 0.3) is 0 Å². The highest BCUT2D eigenvalue weighted by Gasteiger charge is 2.16. The molecule has 3 aromatic rings. The highest BCUT2D eigenvalue weighted by Crippen LogP contribution is 2.20. The van der Waals surface area contributed by atoms with Crippen molar-refractivity contribution in [3.63, 3.8) is 0 Å². The van der Waals surface area contributed by atoms with Gasteiger partial charge in [0.15, 0.2) is 11.5 Å². The average molecular weight is 418 g/mol. The van der Waals surface area contributed by atoms with Crippen molar-refractivity contribution in [2.24, 2.45) is 0 Å². The van der Waals surface area contributed by atoms with Gasteiger partial charge < -0.3 is 5.73 Å². The van der Waals surface area contributed by atoms with Crippen LogP contribution in [0.3, 0.4) is 0 Å². The fourth-order valence-corrected chi connectivity index (χ4v) is 4.13. The van der Waals surface area contributed by atoms with Crippen molar-refractivity contribution in [2.75, 3.05) is 10.5 Å². The van der Waals surface area contributed by atoms with Gasteiger partial charge in [0, 0.05) is 23.6 Å². The van der Waals surface area contributed by atoms with Gasteiger partial charge in [-0.15, -0.1) is 11.3 Å². The maximum atomic E-state index is 12.2. The lowest BCUT2D eigenvalue weighted by Gasteiger charge is -2.09. The van der Waals surface area contributed by atoms with Gasteiger partial charge in [-0.3, -0.25) is 25.2 Å². The lowest BCUT2D eigenvalue weighted by molar-refractivity contribution is 0.0844. The maximum absolute atomic E-state index is 12.2. The molecule has 0 unspecified atom stereocenters. The predicted octanol–water partition coefficient (Wildman–Crippen LogP) is 0.996. The summed E-state index contributed by atoms with van der Waals surface area (Å²) in [5.74, 6) is -1.40. The zero-order chi connectivity index (χ0) is 20.1. The van der Waals surface area contributed by atoms with E-state index in [1.54, 1.807) is 11.4 Å². The molecule has 0 saturated heterocycles. The van der Waals surface area contributed by atoms with Crippen molar-refractivity contribution < 1.29 is 18.0 Å². The molecule has 28 heavy (non-hydrogen) atoms. The third-order valence-electron chi connectivity index (χ3n) is 3.39. The Hall–Kier alpha value is -3.51. The molecule has 0 aliphatic heterocycles. The fourth-order valence-electron chi connectivity index (χ4n) is 2.08. The third-order valence-corrected chi connectivity index (χ3v) is 6.17. The molecule has 0 radical (unpaired) electrons. The van der Waals surface area contributed by atoms with E-state index in [4.69, 9.17) is 5.73 Å². The van der Waals surface area contributed by atoms with Gasteiger partial charge in [0.05, 0.1) is 0 Å². The summed E-state index contributed by atoms with van der Waals surface area (Å²) in [6.45, 7) is 0. The van der Waals surface area contributed by atoms with E-state index in [2.05, 4.69) is 25.5 Å². The van der Waals surface area contributed by atoms with Crippen molar-refractivity contribution in [1.29, 1.82) is 0 Å². The minimum Gasteiger partial charge on any atom is -0.382 e. The SMILES string of the molecule is Nc1nccnc1C(=O)NNC(=O)c1ccc(NS(=O)(=O)c2cccs2)cc1. The second kappa shape index (κ2) is 8.02. The van der Waals surface area contributed by atoms with Gasteiger partial charge in [-0.1, -0.05) is 6.07 Å². The van der Waals surface area contributed by atoms with Crippen LogP contribution in [0.1, 0.15) is 20.8 Å². The third kappa shape index (κ3) is 4.42. The number of hydrazine groups is 1. The van der Waals surface area contributed by atoms with Gasteiger partial charge in [0.2, 0.25) is 0 Å². The van der Waals surface area contributed by atoms with Gasteiger partial charge in [-0.05, 0) is 35.7 Å². The first kappa shape index (κ1) is 19.3. The number of benzene rings is 1. The molecule has 3 rings (SSSR count). The van der Waals surface area contributed by atoms with Crippen LogP contribution in [0, 0.1) is 0 Å². The van der Waals surface area contributed by atoms with Crippen LogP contribution in [0.5, 0.6) is 0 Å². The molecule has 0 fully saturated rings. The molecular formula is C16H14N6O4S2. The highest BCUT2D eigenvalue weighted by molar-refractivity contribution is 7.94. The number of rotatable bonds is 5. The van der Waals surface area contributed by atoms with Gasteiger partial charge in [-0.2, -0.15) is 0 Å². The summed E-state index contributed by atoms with van der Waals surface area (Å²) in [5.41, 5.74) is 10.3. The van der Waals surface area contributed by atoms with Crippen molar-refractivity contribution >= 4 is 44.7 Å². The minimum absolute atomic E-state index is 0.0726. The Kier molecular flexibility index (Phi) is 5.52. The molecule has 0 spiro atoms. The van der Waals surface area contributed by atoms with E-state index in [9.17, 15) is 18.0 Å². The summed E-state index contributed by atoms with van der Waals surface area (Å²) in [6.07, 6.45) is 2.63. The maximum Gasteiger partial charge on any atom is 0.292 e. The first-order valence-electron chi connectivity index (χ1n) is 7.70. The van der Waals surface area contributed by atoms with Gasteiger partial charge in [0.1, 0.15) is 4.21 Å². The smallest absolute Gasteiger partial charge is 0.292 e. The molecule has 0 aliphatic rings. The molecule has 0 atom stereocenters. The molecular weight excluding hydrogens is 404 g/mol. The summed E-state index contributed by atoms with van der Waals surface area (Å²) in [5, 5.41) is 1.66. The van der Waals surface area contributed by atoms with Gasteiger partial charge >= 0.3 is 0 Å². The van der Waals surface area contributed by atoms with E-state index in [1.807, 2.05) is 0 Å². The number of amides is 2. The number of aromatic nitrogens is 2. The van der Waals surface area contributed by atoms with E-state index in [-0.39, 0.29) is 21.3 Å². The minimum atomic E-state index is -3.67. The average Bonchev–Trinajstić information content (AvgIpc) is 3.22. The van der Waals surface area contributed by atoms with Crippen LogP contribution in [0.2, 0.25) is 0 Å². The van der Waals surface area contributed by atoms with E-state index in [1.165, 1.54) is 42.7 Å². The molecule has 0 saturated carbocycles. The van der Waals surface area contributed by atoms with Gasteiger partial charge in [0.25, 0.3) is 21.8 Å². The zero-order valence-electron chi connectivity index (χ0n) is 14.1. The summed E-state index contributed by atoms with van der Waals surface area (Å²) in [6, 6.07) is 8.80. The number of hydrogen-bond acceptors (Lipinski definition) is 8. The molecule has 0 aliphatic carbocycles. The summed E-state index contributed by atoms with van der Waals surface area (Å²) in [7, 11) is -3.67. The molecule has 2 aromatic heterocycles. The van der Waals surface area contributed by atoms with Crippen LogP contribution in [-0.2, 0) is 10.0 Å². The predicted molar refractivity (Wildman–Crippen MR) is 103 cm³/mol. The first-order valence-corrected chi connectivity index (χ1v) is 10.1. The van der Waals surface area contributed by atoms with Crippen LogP contribution in [0.15, 0.2) is 58.4 Å². The second-order valence-electron chi connectivity index (χ2n) is 5.31. The number of carbonyl (C=O) groups excluding carboxylic acids is 2. The number of nitrogens with two attached hydrogens (primary N) is 1. The Morgan fingerprint density at radius 2 is 1.64 bits per heavy atom. The van der Waals surface area contributed by atoms with E-state index in [0.29, 0.717) is 5.69 Å². The Labute approximate surface area is 163 Å². The zero-order valence-corrected chi connectivity index (χ0v) is 15.8. The van der Waals surface area contributed by atoms with E-state index >= 15 is 0 Å². The molecule has 12 heteroatoms. The number of anilines is 2. The second-order valence-corrected chi connectivity index (χ2v) is 8.17. The van der Waals surface area contributed by atoms with Crippen molar-refractivity contribution in [2.45, 2.75) is 4.21 Å². The Balaban J connectivity index is 1.61. The van der Waals surface area contributed by atoms with Crippen molar-refractivity contribution in [1.82, 2.24) is 20.8 Å². The largest absolute Gasteiger partial charge is 0.382 e. The topological polar surface area (TPSA) is 156 Å². The lowest BCUT2D eigenvalue weighted by Crippen LogP contribution is -2.42. The molecule has 1 aromatic carbocycles. The molecule has 2 heterocycles. The molecule has 10 nitrogen and oxygen atoms in total. The number of nitrogens with zero attached hydrogens (tertiary/aromatic N) is 2. The van der Waals surface area contributed by atoms with Gasteiger partial charge in [-0.25, -0.2) is 18.4 Å². The van der Waals surface area contributed by atoms with E-state index < -0.39 is 21.8 Å². The van der Waals surface area contributed by atoms with Crippen LogP contribution >= 0.6 is 11.3 Å². The number of thiophene rings is 1. The fraction of sp³-hybridized carbons (Fsp3) is 0. The first-order chi connectivity index (χ1) is 13.4. The Morgan fingerprint density at radius 1 is 0.964 bits per heavy atom. The summed E-state index contributed by atoms with van der Waals surface area (Å²) < 4.78 is 26.9. The summed E-state index contributed by atoms with van der Waals surface area (Å²) >= 11 is 1.09. The highest BCUT2D eigenvalue weighted by atomic mass is 32.2. The number of hydrogen-bond donors (Lipinski definition) is 4. The Bertz CT molecular complexity index is 1100. The quantitative estimate of drug-likeness (QED) is 0.450. The lowest BCUT2D eigenvalue weighted by atomic mass is 10.2. The molecule has 2 amide bonds. The number of nitrogens with one attached hydrogen (secondary N) is 3. The van der Waals surface area contributed by atoms with Crippen LogP contribution in [-0.4, -0.2) is 30.2 Å². The van der Waals surface area contributed by atoms with Crippen LogP contribution < -0.4 is 21.3 Å². The monoisotopic (exact) mass is 418 g/mol. The number of nitrogen functional groups attached to an aromatic ring is 1. The standard InChI is InChI=1S/C16H14N6O4S2/c17-14-13(18-7-8-19-14)16(24)21-20-15(23)10-3-5-11(6-4-10)22-28(25,26)12-2-1-9-27-12/h1-9,22H,(H2,17,19)(H,20,23)(H,21,24). The normalized spacial score (nSPS) is 10.9. The number of carbonyl (C=O) groups is 2. The van der Waals surface area contributed by atoms with Crippen molar-refractivity contribution in [3.8, 4) is 0 Å². The van der Waals surface area contributed by atoms with Crippen molar-refractivity contribution in [3.05, 3.63) is 65.4 Å². The molecule has 0 bridgehead atoms. The summed E-state index contributed by atoms with van der Waals surface area (Å²) in [4.78, 5) is 31.6. The number of sulfonamides is 1. The van der Waals surface area contributed by atoms with Crippen LogP contribution in [0.4, 0.5) is 11.5 Å².